The Morgan fingerprint density at radius 1 is 1.13 bits per heavy atom. The third-order valence-corrected chi connectivity index (χ3v) is 4.56. The maximum Gasteiger partial charge on any atom is 0.343 e. The first kappa shape index (κ1) is 19.3. The maximum atomic E-state index is 12.4. The van der Waals surface area contributed by atoms with Gasteiger partial charge in [0, 0.05) is 29.3 Å². The number of aromatic nitrogens is 5. The van der Waals surface area contributed by atoms with E-state index in [1.165, 1.54) is 6.20 Å². The van der Waals surface area contributed by atoms with E-state index < -0.39 is 5.97 Å². The summed E-state index contributed by atoms with van der Waals surface area (Å²) >= 11 is 0. The topological polar surface area (TPSA) is 103 Å². The number of nitrogens with one attached hydrogen (secondary N) is 1. The number of nitrogens with zero attached hydrogens (tertiary/aromatic N) is 5. The molecule has 0 aliphatic rings. The second kappa shape index (κ2) is 8.16. The summed E-state index contributed by atoms with van der Waals surface area (Å²) in [5.74, 6) is -0.644. The highest BCUT2D eigenvalue weighted by molar-refractivity contribution is 5.96. The van der Waals surface area contributed by atoms with Crippen LogP contribution in [0.3, 0.4) is 0 Å². The Balaban J connectivity index is 1.61. The average molecular weight is 404 g/mol. The number of fused-ring (bicyclic) bond motifs is 1. The van der Waals surface area contributed by atoms with E-state index in [4.69, 9.17) is 4.74 Å². The number of hydrogen-bond acceptors (Lipinski definition) is 6. The molecule has 0 unspecified atom stereocenters. The van der Waals surface area contributed by atoms with Crippen LogP contribution in [-0.2, 0) is 16.1 Å². The molecule has 3 aromatic heterocycles. The van der Waals surface area contributed by atoms with Crippen molar-refractivity contribution in [1.82, 2.24) is 24.4 Å². The molecule has 0 aliphatic heterocycles. The predicted molar refractivity (Wildman–Crippen MR) is 110 cm³/mol. The van der Waals surface area contributed by atoms with Crippen LogP contribution in [0.1, 0.15) is 23.0 Å². The lowest BCUT2D eigenvalue weighted by molar-refractivity contribution is -0.116. The van der Waals surface area contributed by atoms with Gasteiger partial charge >= 0.3 is 5.97 Å². The van der Waals surface area contributed by atoms with E-state index in [-0.39, 0.29) is 19.1 Å². The van der Waals surface area contributed by atoms with Crippen molar-refractivity contribution in [1.29, 1.82) is 0 Å². The highest BCUT2D eigenvalue weighted by Gasteiger charge is 2.17. The number of anilines is 1. The third kappa shape index (κ3) is 3.77. The molecule has 0 aliphatic carbocycles. The number of carbonyl (C=O) groups is 2. The maximum absolute atomic E-state index is 12.4. The van der Waals surface area contributed by atoms with Gasteiger partial charge in [0.1, 0.15) is 12.1 Å². The van der Waals surface area contributed by atoms with E-state index in [0.717, 1.165) is 17.0 Å². The molecule has 4 rings (SSSR count). The minimum absolute atomic E-state index is 0.130. The highest BCUT2D eigenvalue weighted by Crippen LogP contribution is 2.24. The van der Waals surface area contributed by atoms with E-state index >= 15 is 0 Å². The van der Waals surface area contributed by atoms with Gasteiger partial charge in [-0.2, -0.15) is 10.2 Å². The summed E-state index contributed by atoms with van der Waals surface area (Å²) in [6, 6.07) is 11.0. The van der Waals surface area contributed by atoms with Gasteiger partial charge in [0.15, 0.2) is 5.65 Å². The molecule has 0 spiro atoms. The molecule has 3 heterocycles. The van der Waals surface area contributed by atoms with Crippen LogP contribution in [-0.4, -0.2) is 42.9 Å². The molecule has 30 heavy (non-hydrogen) atoms. The zero-order valence-electron chi connectivity index (χ0n) is 16.6. The van der Waals surface area contributed by atoms with Crippen LogP contribution >= 0.6 is 0 Å². The smallest absolute Gasteiger partial charge is 0.343 e. The number of ether oxygens (including phenoxy) is 1. The van der Waals surface area contributed by atoms with Gasteiger partial charge < -0.3 is 10.1 Å². The van der Waals surface area contributed by atoms with Crippen molar-refractivity contribution < 1.29 is 14.3 Å². The van der Waals surface area contributed by atoms with Crippen molar-refractivity contribution >= 4 is 23.2 Å². The Morgan fingerprint density at radius 2 is 2.00 bits per heavy atom. The van der Waals surface area contributed by atoms with Gasteiger partial charge in [-0.25, -0.2) is 14.3 Å². The molecule has 0 bridgehead atoms. The first-order valence-electron chi connectivity index (χ1n) is 9.45. The molecule has 1 amide bonds. The van der Waals surface area contributed by atoms with Gasteiger partial charge in [0.2, 0.25) is 5.91 Å². The van der Waals surface area contributed by atoms with Gasteiger partial charge in [-0.3, -0.25) is 9.48 Å². The van der Waals surface area contributed by atoms with Crippen LogP contribution in [0.5, 0.6) is 0 Å². The number of esters is 1. The fourth-order valence-electron chi connectivity index (χ4n) is 3.12. The molecule has 0 radical (unpaired) electrons. The molecule has 9 nitrogen and oxygen atoms in total. The fraction of sp³-hybridized carbons (Fsp3) is 0.190. The summed E-state index contributed by atoms with van der Waals surface area (Å²) in [5.41, 5.74) is 3.81. The second-order valence-electron chi connectivity index (χ2n) is 6.60. The highest BCUT2D eigenvalue weighted by atomic mass is 16.5. The second-order valence-corrected chi connectivity index (χ2v) is 6.60. The SMILES string of the molecule is CCOC(=O)c1cnn2c(-c3cccc(NC(=O)Cn4nccc4C)c3)ccnc12. The Kier molecular flexibility index (Phi) is 5.25. The summed E-state index contributed by atoms with van der Waals surface area (Å²) in [6.45, 7) is 4.04. The summed E-state index contributed by atoms with van der Waals surface area (Å²) in [6.07, 6.45) is 4.72. The van der Waals surface area contributed by atoms with E-state index in [2.05, 4.69) is 20.5 Å². The van der Waals surface area contributed by atoms with Crippen LogP contribution in [0, 0.1) is 6.92 Å². The first-order chi connectivity index (χ1) is 14.6. The Labute approximate surface area is 172 Å². The van der Waals surface area contributed by atoms with Crippen LogP contribution < -0.4 is 5.32 Å². The predicted octanol–water partition coefficient (Wildman–Crippen LogP) is 2.72. The fourth-order valence-corrected chi connectivity index (χ4v) is 3.12. The molecular weight excluding hydrogens is 384 g/mol. The first-order valence-corrected chi connectivity index (χ1v) is 9.45. The summed E-state index contributed by atoms with van der Waals surface area (Å²) < 4.78 is 8.28. The number of rotatable bonds is 6. The van der Waals surface area contributed by atoms with E-state index in [9.17, 15) is 9.59 Å². The van der Waals surface area contributed by atoms with Crippen molar-refractivity contribution in [2.45, 2.75) is 20.4 Å². The van der Waals surface area contributed by atoms with E-state index in [1.807, 2.05) is 37.3 Å². The number of amides is 1. The summed E-state index contributed by atoms with van der Waals surface area (Å²) in [7, 11) is 0. The Morgan fingerprint density at radius 3 is 2.77 bits per heavy atom. The number of aryl methyl sites for hydroxylation is 1. The summed E-state index contributed by atoms with van der Waals surface area (Å²) in [5, 5.41) is 11.3. The minimum Gasteiger partial charge on any atom is -0.462 e. The molecule has 0 saturated carbocycles. The molecule has 0 saturated heterocycles. The number of hydrogen-bond donors (Lipinski definition) is 1. The molecule has 0 fully saturated rings. The van der Waals surface area contributed by atoms with Gasteiger partial charge in [-0.1, -0.05) is 12.1 Å². The van der Waals surface area contributed by atoms with Crippen molar-refractivity contribution in [3.05, 3.63) is 66.2 Å². The van der Waals surface area contributed by atoms with Crippen molar-refractivity contribution in [3.63, 3.8) is 0 Å². The van der Waals surface area contributed by atoms with E-state index in [0.29, 0.717) is 16.9 Å². The lowest BCUT2D eigenvalue weighted by Crippen LogP contribution is -2.20. The zero-order chi connectivity index (χ0) is 21.1. The number of carbonyl (C=O) groups excluding carboxylic acids is 2. The van der Waals surface area contributed by atoms with Crippen LogP contribution in [0.25, 0.3) is 16.9 Å². The van der Waals surface area contributed by atoms with Crippen molar-refractivity contribution in [3.8, 4) is 11.3 Å². The minimum atomic E-state index is -0.466. The van der Waals surface area contributed by atoms with Gasteiger partial charge in [0.25, 0.3) is 0 Å². The van der Waals surface area contributed by atoms with Crippen molar-refractivity contribution in [2.75, 3.05) is 11.9 Å². The molecule has 1 aromatic carbocycles. The van der Waals surface area contributed by atoms with Crippen molar-refractivity contribution in [2.24, 2.45) is 0 Å². The Hall–Kier alpha value is -4.01. The molecular formula is C21H20N6O3. The zero-order valence-corrected chi connectivity index (χ0v) is 16.6. The molecule has 9 heteroatoms. The molecule has 152 valence electrons. The van der Waals surface area contributed by atoms with Gasteiger partial charge in [-0.15, -0.1) is 0 Å². The third-order valence-electron chi connectivity index (χ3n) is 4.56. The largest absolute Gasteiger partial charge is 0.462 e. The lowest BCUT2D eigenvalue weighted by atomic mass is 10.1. The van der Waals surface area contributed by atoms with Gasteiger partial charge in [-0.05, 0) is 38.1 Å². The average Bonchev–Trinajstić information content (AvgIpc) is 3.34. The Bertz CT molecular complexity index is 1230. The monoisotopic (exact) mass is 404 g/mol. The molecule has 0 atom stereocenters. The molecule has 4 aromatic rings. The van der Waals surface area contributed by atoms with E-state index in [1.54, 1.807) is 34.6 Å². The standard InChI is InChI=1S/C21H20N6O3/c1-3-30-21(29)17-12-24-27-18(8-9-22-20(17)27)15-5-4-6-16(11-15)25-19(28)13-26-14(2)7-10-23-26/h4-12H,3,13H2,1-2H3,(H,25,28). The lowest BCUT2D eigenvalue weighted by Gasteiger charge is -2.10. The summed E-state index contributed by atoms with van der Waals surface area (Å²) in [4.78, 5) is 28.8. The van der Waals surface area contributed by atoms with Crippen LogP contribution in [0.4, 0.5) is 5.69 Å². The number of benzene rings is 1. The van der Waals surface area contributed by atoms with Crippen LogP contribution in [0.2, 0.25) is 0 Å². The normalized spacial score (nSPS) is 10.9. The van der Waals surface area contributed by atoms with Crippen LogP contribution in [0.15, 0.2) is 55.0 Å². The quantitative estimate of drug-likeness (QED) is 0.496. The van der Waals surface area contributed by atoms with Gasteiger partial charge in [0.05, 0.1) is 18.5 Å². The molecule has 1 N–H and O–H groups in total.